The molecule has 4 heteroatoms. The Morgan fingerprint density at radius 3 is 2.69 bits per heavy atom. The van der Waals surface area contributed by atoms with E-state index in [2.05, 4.69) is 47.0 Å². The third-order valence-corrected chi connectivity index (χ3v) is 2.64. The summed E-state index contributed by atoms with van der Waals surface area (Å²) in [6.45, 7) is 4.03. The van der Waals surface area contributed by atoms with Crippen LogP contribution in [-0.2, 0) is 0 Å². The number of aliphatic imine (C=N–C) groups is 1. The van der Waals surface area contributed by atoms with E-state index in [-0.39, 0.29) is 12.4 Å². The van der Waals surface area contributed by atoms with Crippen LogP contribution in [0.2, 0.25) is 0 Å². The minimum Gasteiger partial charge on any atom is -0.310 e. The Balaban J connectivity index is 0.00000128. The van der Waals surface area contributed by atoms with E-state index in [0.29, 0.717) is 5.92 Å². The summed E-state index contributed by atoms with van der Waals surface area (Å²) in [6, 6.07) is 10.6. The van der Waals surface area contributed by atoms with Gasteiger partial charge in [0, 0.05) is 13.0 Å². The van der Waals surface area contributed by atoms with Gasteiger partial charge in [0.25, 0.3) is 0 Å². The Bertz CT molecular complexity index is 337. The maximum atomic E-state index is 4.44. The minimum absolute atomic E-state index is 0. The molecule has 88 valence electrons. The molecule has 1 aliphatic heterocycles. The predicted octanol–water partition coefficient (Wildman–Crippen LogP) is 2.11. The topological polar surface area (TPSA) is 36.4 Å². The van der Waals surface area contributed by atoms with Crippen molar-refractivity contribution in [2.45, 2.75) is 19.3 Å². The molecule has 2 rings (SSSR count). The van der Waals surface area contributed by atoms with Crippen LogP contribution in [0.25, 0.3) is 0 Å². The molecule has 2 N–H and O–H groups in total. The normalized spacial score (nSPS) is 16.7. The third kappa shape index (κ3) is 3.51. The van der Waals surface area contributed by atoms with E-state index < -0.39 is 0 Å². The summed E-state index contributed by atoms with van der Waals surface area (Å²) in [5, 5.41) is 0. The summed E-state index contributed by atoms with van der Waals surface area (Å²) >= 11 is 0. The maximum Gasteiger partial charge on any atom is 0.111 e. The van der Waals surface area contributed by atoms with Crippen LogP contribution >= 0.6 is 12.4 Å². The number of benzene rings is 1. The zero-order valence-corrected chi connectivity index (χ0v) is 10.3. The van der Waals surface area contributed by atoms with E-state index in [1.807, 2.05) is 6.07 Å². The van der Waals surface area contributed by atoms with Crippen molar-refractivity contribution in [2.24, 2.45) is 4.99 Å². The molecule has 0 saturated carbocycles. The van der Waals surface area contributed by atoms with Gasteiger partial charge >= 0.3 is 0 Å². The maximum absolute atomic E-state index is 4.44. The first kappa shape index (κ1) is 13.0. The Labute approximate surface area is 103 Å². The number of nitrogens with zero attached hydrogens (tertiary/aromatic N) is 1. The van der Waals surface area contributed by atoms with E-state index in [1.165, 1.54) is 5.56 Å². The minimum atomic E-state index is 0. The van der Waals surface area contributed by atoms with Crippen molar-refractivity contribution in [2.75, 3.05) is 13.1 Å². The summed E-state index contributed by atoms with van der Waals surface area (Å²) in [7, 11) is 0. The summed E-state index contributed by atoms with van der Waals surface area (Å²) < 4.78 is 0. The monoisotopic (exact) mass is 239 g/mol. The lowest BCUT2D eigenvalue weighted by Gasteiger charge is -2.19. The molecule has 0 spiro atoms. The van der Waals surface area contributed by atoms with Crippen molar-refractivity contribution >= 4 is 18.2 Å². The van der Waals surface area contributed by atoms with Crippen LogP contribution in [0.3, 0.4) is 0 Å². The van der Waals surface area contributed by atoms with E-state index >= 15 is 0 Å². The molecule has 0 saturated heterocycles. The molecule has 1 aromatic rings. The molecule has 0 aromatic heterocycles. The van der Waals surface area contributed by atoms with Gasteiger partial charge in [0.1, 0.15) is 5.84 Å². The second-order valence-corrected chi connectivity index (χ2v) is 3.90. The van der Waals surface area contributed by atoms with E-state index in [4.69, 9.17) is 0 Å². The van der Waals surface area contributed by atoms with E-state index in [9.17, 15) is 0 Å². The molecular formula is C12H18ClN3. The highest BCUT2D eigenvalue weighted by molar-refractivity contribution is 5.85. The Kier molecular flexibility index (Phi) is 5.29. The van der Waals surface area contributed by atoms with Crippen LogP contribution in [0, 0.1) is 0 Å². The number of halogens is 1. The first-order chi connectivity index (χ1) is 7.36. The van der Waals surface area contributed by atoms with Crippen molar-refractivity contribution in [3.05, 3.63) is 35.9 Å². The quantitative estimate of drug-likeness (QED) is 0.848. The summed E-state index contributed by atoms with van der Waals surface area (Å²) in [5.74, 6) is 1.58. The fraction of sp³-hybridized carbons (Fsp3) is 0.417. The number of hydrogen-bond acceptors (Lipinski definition) is 3. The smallest absolute Gasteiger partial charge is 0.111 e. The molecule has 0 aliphatic carbocycles. The average Bonchev–Trinajstić information content (AvgIpc) is 2.31. The van der Waals surface area contributed by atoms with Gasteiger partial charge in [0.05, 0.1) is 6.54 Å². The zero-order valence-electron chi connectivity index (χ0n) is 9.44. The van der Waals surface area contributed by atoms with Gasteiger partial charge in [-0.1, -0.05) is 37.3 Å². The molecule has 0 radical (unpaired) electrons. The fourth-order valence-corrected chi connectivity index (χ4v) is 1.76. The number of hydrogen-bond donors (Lipinski definition) is 2. The zero-order chi connectivity index (χ0) is 10.5. The van der Waals surface area contributed by atoms with Gasteiger partial charge in [-0.25, -0.2) is 5.43 Å². The number of nitrogens with one attached hydrogen (secondary N) is 2. The fourth-order valence-electron chi connectivity index (χ4n) is 1.76. The van der Waals surface area contributed by atoms with Crippen LogP contribution in [0.1, 0.15) is 24.8 Å². The van der Waals surface area contributed by atoms with Gasteiger partial charge in [-0.05, 0) is 11.5 Å². The van der Waals surface area contributed by atoms with Gasteiger partial charge in [0.15, 0.2) is 0 Å². The molecule has 1 aromatic carbocycles. The first-order valence-electron chi connectivity index (χ1n) is 5.43. The Morgan fingerprint density at radius 2 is 2.06 bits per heavy atom. The molecule has 0 bridgehead atoms. The Morgan fingerprint density at radius 1 is 1.31 bits per heavy atom. The lowest BCUT2D eigenvalue weighted by molar-refractivity contribution is 0.604. The molecule has 3 nitrogen and oxygen atoms in total. The highest BCUT2D eigenvalue weighted by atomic mass is 35.5. The van der Waals surface area contributed by atoms with Gasteiger partial charge in [-0.3, -0.25) is 4.99 Å². The summed E-state index contributed by atoms with van der Waals surface area (Å²) in [5.41, 5.74) is 7.60. The highest BCUT2D eigenvalue weighted by Crippen LogP contribution is 2.18. The van der Waals surface area contributed by atoms with E-state index in [0.717, 1.165) is 25.3 Å². The molecule has 1 unspecified atom stereocenters. The van der Waals surface area contributed by atoms with Gasteiger partial charge < -0.3 is 5.43 Å². The van der Waals surface area contributed by atoms with Gasteiger partial charge in [0.2, 0.25) is 0 Å². The molecule has 1 aliphatic rings. The first-order valence-corrected chi connectivity index (χ1v) is 5.43. The van der Waals surface area contributed by atoms with Crippen LogP contribution < -0.4 is 10.9 Å². The van der Waals surface area contributed by atoms with Crippen molar-refractivity contribution in [1.29, 1.82) is 0 Å². The predicted molar refractivity (Wildman–Crippen MR) is 70.2 cm³/mol. The SMILES string of the molecule is CC(CC1=NCCNN1)c1ccccc1.Cl. The molecule has 0 amide bonds. The second-order valence-electron chi connectivity index (χ2n) is 3.90. The lowest BCUT2D eigenvalue weighted by atomic mass is 9.97. The van der Waals surface area contributed by atoms with Crippen LogP contribution in [0.4, 0.5) is 0 Å². The van der Waals surface area contributed by atoms with Crippen LogP contribution in [0.5, 0.6) is 0 Å². The van der Waals surface area contributed by atoms with Crippen LogP contribution in [0.15, 0.2) is 35.3 Å². The largest absolute Gasteiger partial charge is 0.310 e. The van der Waals surface area contributed by atoms with Crippen molar-refractivity contribution in [1.82, 2.24) is 10.9 Å². The highest BCUT2D eigenvalue weighted by Gasteiger charge is 2.10. The van der Waals surface area contributed by atoms with E-state index in [1.54, 1.807) is 0 Å². The molecule has 16 heavy (non-hydrogen) atoms. The molecular weight excluding hydrogens is 222 g/mol. The molecule has 1 atom stereocenters. The van der Waals surface area contributed by atoms with Gasteiger partial charge in [-0.2, -0.15) is 0 Å². The number of amidine groups is 1. The number of rotatable bonds is 3. The summed E-state index contributed by atoms with van der Waals surface area (Å²) in [6.07, 6.45) is 0.969. The summed E-state index contributed by atoms with van der Waals surface area (Å²) in [4.78, 5) is 4.44. The Hall–Kier alpha value is -1.06. The standard InChI is InChI=1S/C12H17N3.ClH/c1-10(11-5-3-2-4-6-11)9-12-13-7-8-14-15-12;/h2-6,10,14H,7-9H2,1H3,(H,13,15);1H. The number of hydrazine groups is 1. The lowest BCUT2D eigenvalue weighted by Crippen LogP contribution is -2.43. The molecule has 1 heterocycles. The average molecular weight is 240 g/mol. The molecule has 0 fully saturated rings. The third-order valence-electron chi connectivity index (χ3n) is 2.64. The second kappa shape index (κ2) is 6.51. The van der Waals surface area contributed by atoms with Gasteiger partial charge in [-0.15, -0.1) is 12.4 Å². The van der Waals surface area contributed by atoms with Crippen LogP contribution in [-0.4, -0.2) is 18.9 Å². The van der Waals surface area contributed by atoms with Crippen molar-refractivity contribution in [3.63, 3.8) is 0 Å². The van der Waals surface area contributed by atoms with Crippen molar-refractivity contribution in [3.8, 4) is 0 Å². The van der Waals surface area contributed by atoms with Crippen molar-refractivity contribution < 1.29 is 0 Å².